The molecule has 108 valence electrons. The van der Waals surface area contributed by atoms with Gasteiger partial charge in [-0.3, -0.25) is 9.78 Å². The third-order valence-corrected chi connectivity index (χ3v) is 3.53. The van der Waals surface area contributed by atoms with E-state index in [1.165, 1.54) is 6.20 Å². The van der Waals surface area contributed by atoms with Gasteiger partial charge in [-0.15, -0.1) is 17.4 Å². The number of halogens is 1. The molecule has 2 N–H and O–H groups in total. The molecule has 0 bridgehead atoms. The van der Waals surface area contributed by atoms with Gasteiger partial charge >= 0.3 is 5.69 Å². The number of terminal acetylenes is 1. The summed E-state index contributed by atoms with van der Waals surface area (Å²) in [7, 11) is 0. The van der Waals surface area contributed by atoms with Crippen molar-refractivity contribution in [1.82, 2.24) is 9.97 Å². The number of hydrogen-bond donors (Lipinski definition) is 2. The summed E-state index contributed by atoms with van der Waals surface area (Å²) in [6.07, 6.45) is 7.44. The van der Waals surface area contributed by atoms with Gasteiger partial charge in [-0.1, -0.05) is 18.2 Å². The van der Waals surface area contributed by atoms with E-state index in [1.807, 2.05) is 0 Å². The van der Waals surface area contributed by atoms with Crippen LogP contribution in [0.1, 0.15) is 18.9 Å². The smallest absolute Gasteiger partial charge is 0.313 e. The number of allylic oxidation sites excluding steroid dienone is 1. The Hall–Kier alpha value is -2.39. The van der Waals surface area contributed by atoms with Crippen molar-refractivity contribution in [3.05, 3.63) is 44.8 Å². The quantitative estimate of drug-likeness (QED) is 0.498. The summed E-state index contributed by atoms with van der Waals surface area (Å²) in [5.41, 5.74) is 0.0518. The molecule has 0 unspecified atom stereocenters. The maximum atomic E-state index is 11.6. The van der Waals surface area contributed by atoms with Gasteiger partial charge in [0.2, 0.25) is 0 Å². The Morgan fingerprint density at radius 1 is 1.52 bits per heavy atom. The van der Waals surface area contributed by atoms with Gasteiger partial charge in [0.05, 0.1) is 11.3 Å². The lowest BCUT2D eigenvalue weighted by Crippen LogP contribution is -2.26. The Kier molecular flexibility index (Phi) is 4.24. The first-order chi connectivity index (χ1) is 9.93. The van der Waals surface area contributed by atoms with Gasteiger partial charge in [-0.2, -0.15) is 5.10 Å². The molecule has 0 saturated heterocycles. The molecule has 1 heterocycles. The largest absolute Gasteiger partial charge is 0.325 e. The second-order valence-corrected chi connectivity index (χ2v) is 5.06. The number of nitrogens with zero attached hydrogens (tertiary/aromatic N) is 2. The predicted octanol–water partition coefficient (Wildman–Crippen LogP) is 1.25. The van der Waals surface area contributed by atoms with Gasteiger partial charge in [0, 0.05) is 18.0 Å². The minimum Gasteiger partial charge on any atom is -0.313 e. The Labute approximate surface area is 125 Å². The van der Waals surface area contributed by atoms with E-state index in [1.54, 1.807) is 6.92 Å². The Morgan fingerprint density at radius 3 is 2.81 bits per heavy atom. The Bertz CT molecular complexity index is 794. The van der Waals surface area contributed by atoms with Gasteiger partial charge < -0.3 is 4.98 Å². The maximum absolute atomic E-state index is 11.6. The van der Waals surface area contributed by atoms with Crippen LogP contribution in [0.5, 0.6) is 0 Å². The Balaban J connectivity index is 2.18. The van der Waals surface area contributed by atoms with E-state index in [0.29, 0.717) is 11.3 Å². The molecule has 6 nitrogen and oxygen atoms in total. The third-order valence-electron chi connectivity index (χ3n) is 3.21. The van der Waals surface area contributed by atoms with Crippen LogP contribution in [0.2, 0.25) is 0 Å². The summed E-state index contributed by atoms with van der Waals surface area (Å²) in [6, 6.07) is 0. The van der Waals surface area contributed by atoms with E-state index in [9.17, 15) is 9.59 Å². The second kappa shape index (κ2) is 5.94. The molecule has 1 aliphatic rings. The van der Waals surface area contributed by atoms with Crippen LogP contribution in [0, 0.1) is 24.2 Å². The molecule has 1 aliphatic carbocycles. The summed E-state index contributed by atoms with van der Waals surface area (Å²) in [4.78, 5) is 27.0. The number of H-pyrrole nitrogens is 2. The van der Waals surface area contributed by atoms with Crippen molar-refractivity contribution in [2.45, 2.75) is 13.3 Å². The molecule has 0 spiro atoms. The number of rotatable bonds is 4. The molecule has 0 amide bonds. The monoisotopic (exact) mass is 304 g/mol. The van der Waals surface area contributed by atoms with Crippen molar-refractivity contribution in [2.24, 2.45) is 22.0 Å². The molecule has 0 radical (unpaired) electrons. The van der Waals surface area contributed by atoms with Crippen molar-refractivity contribution >= 4 is 22.5 Å². The lowest BCUT2D eigenvalue weighted by molar-refractivity contribution is 0.994. The zero-order valence-electron chi connectivity index (χ0n) is 11.3. The van der Waals surface area contributed by atoms with E-state index >= 15 is 0 Å². The predicted molar refractivity (Wildman–Crippen MR) is 82.8 cm³/mol. The zero-order chi connectivity index (χ0) is 15.6. The van der Waals surface area contributed by atoms with Crippen LogP contribution in [0.15, 0.2) is 38.1 Å². The summed E-state index contributed by atoms with van der Waals surface area (Å²) in [5.74, 6) is 2.95. The van der Waals surface area contributed by atoms with E-state index < -0.39 is 11.2 Å². The number of aromatic nitrogens is 2. The van der Waals surface area contributed by atoms with Gasteiger partial charge in [0.15, 0.2) is 5.17 Å². The van der Waals surface area contributed by atoms with E-state index in [2.05, 4.69) is 32.7 Å². The average Bonchev–Trinajstić information content (AvgIpc) is 3.23. The SMILES string of the molecule is C#C[C@H]1C[C@@H]1C(=C)/C(Cl)=N\N=C(/C)c1c[nH]c(=O)[nH]c1=O. The van der Waals surface area contributed by atoms with Gasteiger partial charge in [0.25, 0.3) is 5.56 Å². The maximum Gasteiger partial charge on any atom is 0.325 e. The second-order valence-electron chi connectivity index (χ2n) is 4.70. The van der Waals surface area contributed by atoms with E-state index in [0.717, 1.165) is 6.42 Å². The molecular formula is C14H13ClN4O2. The molecule has 2 rings (SSSR count). The van der Waals surface area contributed by atoms with Crippen LogP contribution >= 0.6 is 11.6 Å². The lowest BCUT2D eigenvalue weighted by Gasteiger charge is -2.00. The van der Waals surface area contributed by atoms with Crippen LogP contribution in [-0.4, -0.2) is 20.9 Å². The topological polar surface area (TPSA) is 90.4 Å². The Morgan fingerprint density at radius 2 is 2.24 bits per heavy atom. The van der Waals surface area contributed by atoms with Crippen molar-refractivity contribution < 1.29 is 0 Å². The molecule has 7 heteroatoms. The van der Waals surface area contributed by atoms with Crippen molar-refractivity contribution in [1.29, 1.82) is 0 Å². The minimum atomic E-state index is -0.583. The van der Waals surface area contributed by atoms with Crippen LogP contribution < -0.4 is 11.2 Å². The van der Waals surface area contributed by atoms with Crippen molar-refractivity contribution in [3.63, 3.8) is 0 Å². The average molecular weight is 305 g/mol. The van der Waals surface area contributed by atoms with Gasteiger partial charge in [-0.05, 0) is 18.9 Å². The highest BCUT2D eigenvalue weighted by Crippen LogP contribution is 2.43. The van der Waals surface area contributed by atoms with Crippen LogP contribution in [0.25, 0.3) is 0 Å². The standard InChI is InChI=1S/C14H13ClN4O2/c1-4-9-5-10(9)7(2)12(15)19-18-8(3)11-6-16-14(21)17-13(11)20/h1,6,9-10H,2,5H2,3H3,(H2,16,17,20,21)/b18-8+,19-12+/t9-,10+/m0/s1. The first kappa shape index (κ1) is 15.0. The molecule has 21 heavy (non-hydrogen) atoms. The van der Waals surface area contributed by atoms with E-state index in [4.69, 9.17) is 18.0 Å². The summed E-state index contributed by atoms with van der Waals surface area (Å²) in [6.45, 7) is 5.44. The lowest BCUT2D eigenvalue weighted by atomic mass is 10.2. The fourth-order valence-electron chi connectivity index (χ4n) is 1.83. The van der Waals surface area contributed by atoms with Gasteiger partial charge in [-0.25, -0.2) is 4.79 Å². The summed E-state index contributed by atoms with van der Waals surface area (Å²) in [5, 5.41) is 7.90. The molecule has 1 aromatic heterocycles. The fraction of sp³-hybridized carbons (Fsp3) is 0.286. The zero-order valence-corrected chi connectivity index (χ0v) is 12.1. The molecular weight excluding hydrogens is 292 g/mol. The molecule has 2 atom stereocenters. The highest BCUT2D eigenvalue weighted by atomic mass is 35.5. The van der Waals surface area contributed by atoms with E-state index in [-0.39, 0.29) is 22.6 Å². The normalized spacial score (nSPS) is 21.8. The van der Waals surface area contributed by atoms with Crippen molar-refractivity contribution in [2.75, 3.05) is 0 Å². The number of aromatic amines is 2. The van der Waals surface area contributed by atoms with Crippen LogP contribution in [-0.2, 0) is 0 Å². The first-order valence-corrected chi connectivity index (χ1v) is 6.57. The number of nitrogens with one attached hydrogen (secondary N) is 2. The molecule has 1 saturated carbocycles. The molecule has 0 aromatic carbocycles. The minimum absolute atomic E-state index is 0.151. The molecule has 1 aromatic rings. The number of hydrogen-bond acceptors (Lipinski definition) is 4. The molecule has 1 fully saturated rings. The third kappa shape index (κ3) is 3.38. The molecule has 0 aliphatic heterocycles. The highest BCUT2D eigenvalue weighted by Gasteiger charge is 2.39. The van der Waals surface area contributed by atoms with Crippen LogP contribution in [0.3, 0.4) is 0 Å². The van der Waals surface area contributed by atoms with Crippen LogP contribution in [0.4, 0.5) is 0 Å². The first-order valence-electron chi connectivity index (χ1n) is 6.19. The highest BCUT2D eigenvalue weighted by molar-refractivity contribution is 6.69. The fourth-order valence-corrected chi connectivity index (χ4v) is 2.01. The summed E-state index contributed by atoms with van der Waals surface area (Å²) < 4.78 is 0. The van der Waals surface area contributed by atoms with Crippen molar-refractivity contribution in [3.8, 4) is 12.3 Å². The van der Waals surface area contributed by atoms with Gasteiger partial charge in [0.1, 0.15) is 0 Å². The summed E-state index contributed by atoms with van der Waals surface area (Å²) >= 11 is 6.02.